The molecule has 0 aliphatic heterocycles. The molecule has 0 radical (unpaired) electrons. The van der Waals surface area contributed by atoms with Gasteiger partial charge in [-0.15, -0.1) is 0 Å². The van der Waals surface area contributed by atoms with Crippen LogP contribution in [-0.4, -0.2) is 16.5 Å². The molecule has 0 aliphatic carbocycles. The first-order chi connectivity index (χ1) is 10.0. The highest BCUT2D eigenvalue weighted by atomic mass is 19.1. The van der Waals surface area contributed by atoms with Crippen molar-refractivity contribution in [1.29, 1.82) is 0 Å². The molecule has 0 aliphatic rings. The number of halogens is 1. The maximum absolute atomic E-state index is 12.8. The van der Waals surface area contributed by atoms with Crippen LogP contribution in [0.15, 0.2) is 42.7 Å². The first-order valence-corrected chi connectivity index (χ1v) is 6.96. The summed E-state index contributed by atoms with van der Waals surface area (Å²) in [6, 6.07) is 8.14. The molecule has 1 aromatic carbocycles. The number of amides is 1. The largest absolute Gasteiger partial charge is 0.345 e. The predicted octanol–water partition coefficient (Wildman–Crippen LogP) is 2.76. The van der Waals surface area contributed by atoms with Crippen LogP contribution in [0.5, 0.6) is 0 Å². The van der Waals surface area contributed by atoms with Crippen molar-refractivity contribution in [3.63, 3.8) is 0 Å². The van der Waals surface area contributed by atoms with Gasteiger partial charge in [-0.2, -0.15) is 0 Å². The summed E-state index contributed by atoms with van der Waals surface area (Å²) in [6.45, 7) is 5.20. The van der Waals surface area contributed by atoms with E-state index >= 15 is 0 Å². The second-order valence-electron chi connectivity index (χ2n) is 5.28. The number of benzene rings is 1. The summed E-state index contributed by atoms with van der Waals surface area (Å²) >= 11 is 0. The van der Waals surface area contributed by atoms with Gasteiger partial charge in [-0.05, 0) is 35.9 Å². The van der Waals surface area contributed by atoms with Gasteiger partial charge in [-0.3, -0.25) is 4.79 Å². The molecule has 0 atom stereocenters. The lowest BCUT2D eigenvalue weighted by molar-refractivity contribution is -0.116. The Morgan fingerprint density at radius 1 is 1.24 bits per heavy atom. The van der Waals surface area contributed by atoms with E-state index < -0.39 is 0 Å². The van der Waals surface area contributed by atoms with Crippen LogP contribution >= 0.6 is 0 Å². The SMILES string of the molecule is CC(C)NCc1ccn(CC(=O)Nc2ccc(F)cc2)c1. The van der Waals surface area contributed by atoms with E-state index in [2.05, 4.69) is 24.5 Å². The molecule has 5 heteroatoms. The first kappa shape index (κ1) is 15.3. The Morgan fingerprint density at radius 3 is 2.62 bits per heavy atom. The highest BCUT2D eigenvalue weighted by Crippen LogP contribution is 2.08. The van der Waals surface area contributed by atoms with Crippen LogP contribution < -0.4 is 10.6 Å². The molecule has 0 saturated carbocycles. The Bertz CT molecular complexity index is 590. The lowest BCUT2D eigenvalue weighted by atomic mass is 10.3. The van der Waals surface area contributed by atoms with Crippen LogP contribution in [0, 0.1) is 5.82 Å². The van der Waals surface area contributed by atoms with E-state index in [4.69, 9.17) is 0 Å². The van der Waals surface area contributed by atoms with Gasteiger partial charge < -0.3 is 15.2 Å². The van der Waals surface area contributed by atoms with E-state index in [0.717, 1.165) is 12.1 Å². The average molecular weight is 289 g/mol. The van der Waals surface area contributed by atoms with Crippen LogP contribution in [0.25, 0.3) is 0 Å². The lowest BCUT2D eigenvalue weighted by Crippen LogP contribution is -2.21. The molecule has 0 unspecified atom stereocenters. The Hall–Kier alpha value is -2.14. The fourth-order valence-electron chi connectivity index (χ4n) is 1.91. The molecule has 4 nitrogen and oxygen atoms in total. The Balaban J connectivity index is 1.86. The number of nitrogens with one attached hydrogen (secondary N) is 2. The minimum absolute atomic E-state index is 0.138. The van der Waals surface area contributed by atoms with E-state index in [-0.39, 0.29) is 18.3 Å². The summed E-state index contributed by atoms with van der Waals surface area (Å²) in [6.07, 6.45) is 3.82. The van der Waals surface area contributed by atoms with Gasteiger partial charge in [0.1, 0.15) is 12.4 Å². The highest BCUT2D eigenvalue weighted by Gasteiger charge is 2.05. The van der Waals surface area contributed by atoms with Crippen molar-refractivity contribution in [2.75, 3.05) is 5.32 Å². The number of hydrogen-bond donors (Lipinski definition) is 2. The average Bonchev–Trinajstić information content (AvgIpc) is 2.86. The summed E-state index contributed by atoms with van der Waals surface area (Å²) in [5, 5.41) is 6.06. The van der Waals surface area contributed by atoms with Crippen molar-refractivity contribution in [3.8, 4) is 0 Å². The first-order valence-electron chi connectivity index (χ1n) is 6.96. The van der Waals surface area contributed by atoms with E-state index in [1.165, 1.54) is 12.1 Å². The molecule has 2 rings (SSSR count). The van der Waals surface area contributed by atoms with Crippen molar-refractivity contribution in [1.82, 2.24) is 9.88 Å². The summed E-state index contributed by atoms with van der Waals surface area (Å²) < 4.78 is 14.6. The minimum Gasteiger partial charge on any atom is -0.345 e. The van der Waals surface area contributed by atoms with Crippen molar-refractivity contribution in [2.45, 2.75) is 33.0 Å². The molecule has 1 heterocycles. The third-order valence-corrected chi connectivity index (χ3v) is 2.98. The molecule has 1 aromatic heterocycles. The van der Waals surface area contributed by atoms with Crippen molar-refractivity contribution < 1.29 is 9.18 Å². The number of carbonyl (C=O) groups is 1. The zero-order valence-corrected chi connectivity index (χ0v) is 12.3. The van der Waals surface area contributed by atoms with Gasteiger partial charge in [-0.1, -0.05) is 13.8 Å². The van der Waals surface area contributed by atoms with Crippen LogP contribution in [0.2, 0.25) is 0 Å². The number of hydrogen-bond acceptors (Lipinski definition) is 2. The summed E-state index contributed by atoms with van der Waals surface area (Å²) in [4.78, 5) is 11.9. The normalized spacial score (nSPS) is 10.9. The maximum Gasteiger partial charge on any atom is 0.244 e. The predicted molar refractivity (Wildman–Crippen MR) is 81.4 cm³/mol. The zero-order valence-electron chi connectivity index (χ0n) is 12.3. The van der Waals surface area contributed by atoms with Crippen LogP contribution in [0.1, 0.15) is 19.4 Å². The molecule has 0 bridgehead atoms. The molecule has 2 N–H and O–H groups in total. The quantitative estimate of drug-likeness (QED) is 0.859. The summed E-state index contributed by atoms with van der Waals surface area (Å²) in [7, 11) is 0. The molecule has 0 spiro atoms. The second kappa shape index (κ2) is 7.04. The molecule has 2 aromatic rings. The summed E-state index contributed by atoms with van der Waals surface area (Å²) in [5.74, 6) is -0.457. The van der Waals surface area contributed by atoms with Gasteiger partial charge in [0, 0.05) is 30.7 Å². The highest BCUT2D eigenvalue weighted by molar-refractivity contribution is 5.90. The van der Waals surface area contributed by atoms with Crippen LogP contribution in [0.4, 0.5) is 10.1 Å². The standard InChI is InChI=1S/C16H20FN3O/c1-12(2)18-9-13-7-8-20(10-13)11-16(21)19-15-5-3-14(17)4-6-15/h3-8,10,12,18H,9,11H2,1-2H3,(H,19,21). The number of aromatic nitrogens is 1. The third-order valence-electron chi connectivity index (χ3n) is 2.98. The molecule has 0 fully saturated rings. The van der Waals surface area contributed by atoms with Crippen molar-refractivity contribution in [3.05, 3.63) is 54.1 Å². The molecule has 112 valence electrons. The van der Waals surface area contributed by atoms with Gasteiger partial charge in [0.15, 0.2) is 0 Å². The van der Waals surface area contributed by atoms with E-state index in [1.54, 1.807) is 12.1 Å². The molecule has 0 saturated heterocycles. The maximum atomic E-state index is 12.8. The van der Waals surface area contributed by atoms with E-state index in [1.807, 2.05) is 23.0 Å². The third kappa shape index (κ3) is 5.04. The second-order valence-corrected chi connectivity index (χ2v) is 5.28. The van der Waals surface area contributed by atoms with Gasteiger partial charge in [0.05, 0.1) is 0 Å². The molecular weight excluding hydrogens is 269 g/mol. The van der Waals surface area contributed by atoms with Gasteiger partial charge in [0.25, 0.3) is 0 Å². The van der Waals surface area contributed by atoms with Gasteiger partial charge in [-0.25, -0.2) is 4.39 Å². The van der Waals surface area contributed by atoms with Gasteiger partial charge >= 0.3 is 0 Å². The number of nitrogens with zero attached hydrogens (tertiary/aromatic N) is 1. The Kier molecular flexibility index (Phi) is 5.11. The fraction of sp³-hybridized carbons (Fsp3) is 0.312. The smallest absolute Gasteiger partial charge is 0.244 e. The Labute approximate surface area is 124 Å². The van der Waals surface area contributed by atoms with E-state index in [0.29, 0.717) is 11.7 Å². The minimum atomic E-state index is -0.319. The lowest BCUT2D eigenvalue weighted by Gasteiger charge is -2.07. The number of anilines is 1. The zero-order chi connectivity index (χ0) is 15.2. The fourth-order valence-corrected chi connectivity index (χ4v) is 1.91. The number of rotatable bonds is 6. The van der Waals surface area contributed by atoms with Crippen molar-refractivity contribution >= 4 is 11.6 Å². The molecule has 21 heavy (non-hydrogen) atoms. The van der Waals surface area contributed by atoms with E-state index in [9.17, 15) is 9.18 Å². The molecule has 1 amide bonds. The van der Waals surface area contributed by atoms with Crippen LogP contribution in [0.3, 0.4) is 0 Å². The topological polar surface area (TPSA) is 46.1 Å². The monoisotopic (exact) mass is 289 g/mol. The van der Waals surface area contributed by atoms with Crippen LogP contribution in [-0.2, 0) is 17.9 Å². The van der Waals surface area contributed by atoms with Gasteiger partial charge in [0.2, 0.25) is 5.91 Å². The Morgan fingerprint density at radius 2 is 1.95 bits per heavy atom. The van der Waals surface area contributed by atoms with Crippen molar-refractivity contribution in [2.24, 2.45) is 0 Å². The molecular formula is C16H20FN3O. The summed E-state index contributed by atoms with van der Waals surface area (Å²) in [5.41, 5.74) is 1.73. The number of carbonyl (C=O) groups excluding carboxylic acids is 1.